The molecule has 1 N–H and O–H groups in total. The zero-order valence-corrected chi connectivity index (χ0v) is 14.7. The van der Waals surface area contributed by atoms with Gasteiger partial charge in [-0.1, -0.05) is 34.8 Å². The maximum absolute atomic E-state index is 12.3. The third-order valence-electron chi connectivity index (χ3n) is 4.77. The number of nitrogens with one attached hydrogen (secondary N) is 1. The average molecular weight is 366 g/mol. The van der Waals surface area contributed by atoms with Crippen LogP contribution in [-0.4, -0.2) is 43.2 Å². The summed E-state index contributed by atoms with van der Waals surface area (Å²) in [4.78, 5) is 16.6. The Morgan fingerprint density at radius 2 is 1.86 bits per heavy atom. The van der Waals surface area contributed by atoms with Crippen molar-refractivity contribution in [2.45, 2.75) is 38.6 Å². The second-order valence-electron chi connectivity index (χ2n) is 6.34. The number of urea groups is 1. The maximum atomic E-state index is 12.3. The van der Waals surface area contributed by atoms with E-state index in [0.29, 0.717) is 6.04 Å². The largest absolute Gasteiger partial charge is 0.368 e. The summed E-state index contributed by atoms with van der Waals surface area (Å²) in [7, 11) is 0. The molecule has 3 rings (SSSR count). The smallest absolute Gasteiger partial charge is 0.317 e. The molecule has 0 aromatic heterocycles. The molecule has 0 spiro atoms. The van der Waals surface area contributed by atoms with Crippen molar-refractivity contribution in [2.75, 3.05) is 31.1 Å². The summed E-state index contributed by atoms with van der Waals surface area (Å²) in [5.74, 6) is 0. The van der Waals surface area contributed by atoms with Crippen LogP contribution < -0.4 is 10.2 Å². The summed E-state index contributed by atoms with van der Waals surface area (Å²) in [5.41, 5.74) is 2.48. The summed E-state index contributed by atoms with van der Waals surface area (Å²) < 4.78 is 1.14. The van der Waals surface area contributed by atoms with Crippen molar-refractivity contribution in [1.29, 1.82) is 0 Å². The molecular weight excluding hydrogens is 342 g/mol. The first-order chi connectivity index (χ1) is 10.6. The standard InChI is InChI=1S/C17H24BrN3O/c1-13-6-7-15(12-16(13)18)20-8-10-21(11-9-20)17(22)19-14-4-2-3-5-14/h6-7,12,14H,2-5,8-11H2,1H3,(H,19,22). The van der Waals surface area contributed by atoms with Gasteiger partial charge >= 0.3 is 6.03 Å². The third kappa shape index (κ3) is 3.57. The minimum Gasteiger partial charge on any atom is -0.368 e. The Hall–Kier alpha value is -1.23. The van der Waals surface area contributed by atoms with Crippen molar-refractivity contribution in [1.82, 2.24) is 10.2 Å². The van der Waals surface area contributed by atoms with E-state index < -0.39 is 0 Å². The van der Waals surface area contributed by atoms with Crippen molar-refractivity contribution in [3.63, 3.8) is 0 Å². The molecule has 0 unspecified atom stereocenters. The lowest BCUT2D eigenvalue weighted by Crippen LogP contribution is -2.53. The van der Waals surface area contributed by atoms with Crippen molar-refractivity contribution in [3.8, 4) is 0 Å². The van der Waals surface area contributed by atoms with Gasteiger partial charge < -0.3 is 15.1 Å². The summed E-state index contributed by atoms with van der Waals surface area (Å²) in [6.07, 6.45) is 4.79. The lowest BCUT2D eigenvalue weighted by Gasteiger charge is -2.36. The maximum Gasteiger partial charge on any atom is 0.317 e. The molecule has 1 aliphatic carbocycles. The quantitative estimate of drug-likeness (QED) is 0.869. The Labute approximate surface area is 141 Å². The Morgan fingerprint density at radius 3 is 2.50 bits per heavy atom. The van der Waals surface area contributed by atoms with Gasteiger partial charge in [-0.15, -0.1) is 0 Å². The molecule has 2 fully saturated rings. The first kappa shape index (κ1) is 15.7. The molecule has 4 nitrogen and oxygen atoms in total. The van der Waals surface area contributed by atoms with Gasteiger partial charge in [0.1, 0.15) is 0 Å². The predicted octanol–water partition coefficient (Wildman–Crippen LogP) is 3.53. The number of hydrogen-bond donors (Lipinski definition) is 1. The first-order valence-corrected chi connectivity index (χ1v) is 8.99. The average Bonchev–Trinajstić information content (AvgIpc) is 3.03. The summed E-state index contributed by atoms with van der Waals surface area (Å²) in [6.45, 7) is 5.48. The highest BCUT2D eigenvalue weighted by atomic mass is 79.9. The minimum atomic E-state index is 0.122. The molecule has 1 aromatic carbocycles. The molecule has 2 amide bonds. The number of rotatable bonds is 2. The molecule has 1 aromatic rings. The SMILES string of the molecule is Cc1ccc(N2CCN(C(=O)NC3CCCC3)CC2)cc1Br. The molecule has 0 atom stereocenters. The molecule has 5 heteroatoms. The van der Waals surface area contributed by atoms with Gasteiger partial charge in [0.2, 0.25) is 0 Å². The van der Waals surface area contributed by atoms with Gasteiger partial charge in [0.25, 0.3) is 0 Å². The fraction of sp³-hybridized carbons (Fsp3) is 0.588. The Balaban J connectivity index is 1.53. The van der Waals surface area contributed by atoms with Crippen LogP contribution in [0.3, 0.4) is 0 Å². The number of halogens is 1. The molecule has 2 aliphatic rings. The van der Waals surface area contributed by atoms with Gasteiger partial charge in [-0.05, 0) is 37.5 Å². The Morgan fingerprint density at radius 1 is 1.18 bits per heavy atom. The molecule has 1 heterocycles. The van der Waals surface area contributed by atoms with Crippen molar-refractivity contribution in [3.05, 3.63) is 28.2 Å². The highest BCUT2D eigenvalue weighted by Gasteiger charge is 2.24. The lowest BCUT2D eigenvalue weighted by molar-refractivity contribution is 0.190. The Kier molecular flexibility index (Phi) is 4.91. The van der Waals surface area contributed by atoms with E-state index in [1.54, 1.807) is 0 Å². The van der Waals surface area contributed by atoms with Crippen LogP contribution in [0.4, 0.5) is 10.5 Å². The number of amides is 2. The molecule has 1 aliphatic heterocycles. The van der Waals surface area contributed by atoms with E-state index >= 15 is 0 Å². The van der Waals surface area contributed by atoms with Crippen LogP contribution in [0.2, 0.25) is 0 Å². The Bertz CT molecular complexity index is 535. The normalized spacial score (nSPS) is 19.5. The van der Waals surface area contributed by atoms with E-state index in [-0.39, 0.29) is 6.03 Å². The molecule has 0 radical (unpaired) electrons. The number of aryl methyl sites for hydroxylation is 1. The van der Waals surface area contributed by atoms with Crippen LogP contribution in [0.15, 0.2) is 22.7 Å². The van der Waals surface area contributed by atoms with Crippen LogP contribution in [0.25, 0.3) is 0 Å². The molecule has 22 heavy (non-hydrogen) atoms. The third-order valence-corrected chi connectivity index (χ3v) is 5.62. The van der Waals surface area contributed by atoms with Crippen LogP contribution in [0.5, 0.6) is 0 Å². The van der Waals surface area contributed by atoms with Gasteiger partial charge in [-0.25, -0.2) is 4.79 Å². The zero-order chi connectivity index (χ0) is 15.5. The summed E-state index contributed by atoms with van der Waals surface area (Å²) in [6, 6.07) is 6.99. The monoisotopic (exact) mass is 365 g/mol. The molecule has 0 bridgehead atoms. The number of nitrogens with zero attached hydrogens (tertiary/aromatic N) is 2. The summed E-state index contributed by atoms with van der Waals surface area (Å²) >= 11 is 3.60. The number of anilines is 1. The van der Waals surface area contributed by atoms with E-state index in [0.717, 1.165) is 43.5 Å². The first-order valence-electron chi connectivity index (χ1n) is 8.20. The fourth-order valence-electron chi connectivity index (χ4n) is 3.28. The second kappa shape index (κ2) is 6.90. The second-order valence-corrected chi connectivity index (χ2v) is 7.19. The molecule has 1 saturated carbocycles. The lowest BCUT2D eigenvalue weighted by atomic mass is 10.2. The van der Waals surface area contributed by atoms with Gasteiger partial charge in [-0.3, -0.25) is 0 Å². The topological polar surface area (TPSA) is 35.6 Å². The zero-order valence-electron chi connectivity index (χ0n) is 13.1. The van der Waals surface area contributed by atoms with Crippen molar-refractivity contribution in [2.24, 2.45) is 0 Å². The van der Waals surface area contributed by atoms with Gasteiger partial charge in [0.05, 0.1) is 0 Å². The van der Waals surface area contributed by atoms with Crippen LogP contribution in [0, 0.1) is 6.92 Å². The fourth-order valence-corrected chi connectivity index (χ4v) is 3.65. The summed E-state index contributed by atoms with van der Waals surface area (Å²) in [5, 5.41) is 3.18. The van der Waals surface area contributed by atoms with E-state index in [2.05, 4.69) is 51.3 Å². The molecular formula is C17H24BrN3O. The highest BCUT2D eigenvalue weighted by Crippen LogP contribution is 2.24. The van der Waals surface area contributed by atoms with E-state index in [9.17, 15) is 4.79 Å². The van der Waals surface area contributed by atoms with Crippen LogP contribution in [-0.2, 0) is 0 Å². The molecule has 120 valence electrons. The minimum absolute atomic E-state index is 0.122. The van der Waals surface area contributed by atoms with E-state index in [4.69, 9.17) is 0 Å². The van der Waals surface area contributed by atoms with Gasteiger partial charge in [-0.2, -0.15) is 0 Å². The number of piperazine rings is 1. The predicted molar refractivity (Wildman–Crippen MR) is 93.5 cm³/mol. The van der Waals surface area contributed by atoms with Crippen molar-refractivity contribution >= 4 is 27.6 Å². The number of hydrogen-bond acceptors (Lipinski definition) is 2. The van der Waals surface area contributed by atoms with Crippen LogP contribution >= 0.6 is 15.9 Å². The molecule has 1 saturated heterocycles. The van der Waals surface area contributed by atoms with Gasteiger partial charge in [0.15, 0.2) is 0 Å². The van der Waals surface area contributed by atoms with Gasteiger partial charge in [0, 0.05) is 42.4 Å². The van der Waals surface area contributed by atoms with Crippen molar-refractivity contribution < 1.29 is 4.79 Å². The number of benzene rings is 1. The number of carbonyl (C=O) groups excluding carboxylic acids is 1. The van der Waals surface area contributed by atoms with E-state index in [1.165, 1.54) is 24.1 Å². The number of carbonyl (C=O) groups is 1. The van der Waals surface area contributed by atoms with E-state index in [1.807, 2.05) is 4.90 Å². The highest BCUT2D eigenvalue weighted by molar-refractivity contribution is 9.10. The van der Waals surface area contributed by atoms with Crippen LogP contribution in [0.1, 0.15) is 31.2 Å².